The molecule has 242 valence electrons. The first-order valence-corrected chi connectivity index (χ1v) is 15.8. The first-order chi connectivity index (χ1) is 21.8. The Labute approximate surface area is 271 Å². The predicted octanol–water partition coefficient (Wildman–Crippen LogP) is 8.39. The number of carbonyl (C=O) groups excluding carboxylic acids is 1. The fraction of sp³-hybridized carbons (Fsp3) is 0.316. The summed E-state index contributed by atoms with van der Waals surface area (Å²) in [6.45, 7) is 9.39. The molecule has 0 unspecified atom stereocenters. The normalized spacial score (nSPS) is 15.8. The summed E-state index contributed by atoms with van der Waals surface area (Å²) in [7, 11) is 0. The summed E-state index contributed by atoms with van der Waals surface area (Å²) in [5.41, 5.74) is 20.3. The van der Waals surface area contributed by atoms with Crippen LogP contribution in [0, 0.1) is 5.41 Å². The van der Waals surface area contributed by atoms with E-state index in [9.17, 15) is 13.6 Å². The zero-order chi connectivity index (χ0) is 33.6. The molecular weight excluding hydrogens is 580 g/mol. The Morgan fingerprint density at radius 1 is 1.00 bits per heavy atom. The van der Waals surface area contributed by atoms with Gasteiger partial charge in [0.05, 0.1) is 5.57 Å². The van der Waals surface area contributed by atoms with E-state index in [2.05, 4.69) is 30.6 Å². The van der Waals surface area contributed by atoms with Crippen molar-refractivity contribution in [3.63, 3.8) is 0 Å². The number of anilines is 1. The van der Waals surface area contributed by atoms with Crippen molar-refractivity contribution >= 4 is 23.0 Å². The molecule has 4 rings (SSSR count). The fourth-order valence-electron chi connectivity index (χ4n) is 5.48. The van der Waals surface area contributed by atoms with Gasteiger partial charge in [-0.05, 0) is 77.3 Å². The minimum absolute atomic E-state index is 0.0697. The summed E-state index contributed by atoms with van der Waals surface area (Å²) in [5.74, 6) is -3.29. The lowest BCUT2D eigenvalue weighted by Gasteiger charge is -2.17. The Balaban J connectivity index is 1.62. The number of hydrogen-bond acceptors (Lipinski definition) is 4. The maximum absolute atomic E-state index is 14.7. The minimum atomic E-state index is -3.11. The molecule has 8 heteroatoms. The lowest BCUT2D eigenvalue weighted by atomic mass is 10.0. The van der Waals surface area contributed by atoms with Gasteiger partial charge in [0, 0.05) is 48.1 Å². The number of halogens is 2. The monoisotopic (exact) mass is 625 g/mol. The van der Waals surface area contributed by atoms with Crippen molar-refractivity contribution in [3.8, 4) is 0 Å². The third-order valence-corrected chi connectivity index (χ3v) is 8.48. The smallest absolute Gasteiger partial charge is 0.270 e. The summed E-state index contributed by atoms with van der Waals surface area (Å²) >= 11 is 0. The Kier molecular flexibility index (Phi) is 10.8. The zero-order valence-electron chi connectivity index (χ0n) is 27.4. The Bertz CT molecular complexity index is 1660. The lowest BCUT2D eigenvalue weighted by molar-refractivity contribution is -0.112. The number of nitrogens with two attached hydrogens (primary N) is 2. The van der Waals surface area contributed by atoms with Crippen molar-refractivity contribution in [3.05, 3.63) is 129 Å². The molecule has 1 amide bonds. The van der Waals surface area contributed by atoms with E-state index in [1.54, 1.807) is 0 Å². The summed E-state index contributed by atoms with van der Waals surface area (Å²) in [6.07, 6.45) is 9.15. The Morgan fingerprint density at radius 3 is 2.24 bits per heavy atom. The highest BCUT2D eigenvalue weighted by atomic mass is 19.3. The van der Waals surface area contributed by atoms with Crippen LogP contribution in [0.2, 0.25) is 0 Å². The van der Waals surface area contributed by atoms with Crippen LogP contribution < -0.4 is 22.1 Å². The molecule has 0 bridgehead atoms. The molecule has 7 N–H and O–H groups in total. The second-order valence-corrected chi connectivity index (χ2v) is 12.2. The molecule has 0 saturated carbocycles. The third kappa shape index (κ3) is 8.30. The maximum Gasteiger partial charge on any atom is 0.270 e. The van der Waals surface area contributed by atoms with Crippen molar-refractivity contribution in [2.45, 2.75) is 78.7 Å². The van der Waals surface area contributed by atoms with E-state index in [0.717, 1.165) is 46.8 Å². The predicted molar refractivity (Wildman–Crippen MR) is 185 cm³/mol. The van der Waals surface area contributed by atoms with E-state index in [1.807, 2.05) is 68.5 Å². The van der Waals surface area contributed by atoms with Crippen LogP contribution in [0.4, 0.5) is 14.5 Å². The molecular formula is C38H45F2N5O. The first kappa shape index (κ1) is 34.2. The highest BCUT2D eigenvalue weighted by Gasteiger charge is 2.30. The van der Waals surface area contributed by atoms with Gasteiger partial charge in [-0.25, -0.2) is 8.78 Å². The number of allylic oxidation sites excluding steroid dienone is 7. The lowest BCUT2D eigenvalue weighted by Crippen LogP contribution is -2.22. The molecule has 0 radical (unpaired) electrons. The second-order valence-electron chi connectivity index (χ2n) is 12.2. The standard InChI is InChI=1S/C38H45F2N5O/c1-6-24-18-30(38(5,39)40)21-32(37(46)45-31-16-14-27(15-17-31)23(3)4)34(19-24)44-22-25-8-10-28(11-9-25)29-13-12-26(7-2)35(41)33(20-29)36(42)43/h8-11,13-18,20-21,23,44H,6-7,12,19,22,41H2,1-5H3,(H3,42,43)(H,45,46). The fourth-order valence-corrected chi connectivity index (χ4v) is 5.48. The van der Waals surface area contributed by atoms with Gasteiger partial charge in [-0.15, -0.1) is 0 Å². The number of benzene rings is 2. The van der Waals surface area contributed by atoms with Crippen molar-refractivity contribution in [1.82, 2.24) is 5.32 Å². The summed E-state index contributed by atoms with van der Waals surface area (Å²) in [4.78, 5) is 13.6. The quantitative estimate of drug-likeness (QED) is 0.127. The first-order valence-electron chi connectivity index (χ1n) is 15.8. The number of amides is 1. The SMILES string of the molecule is CCC1=CC(C(C)(F)F)=CC(C(=O)Nc2ccc(C(C)C)cc2)=C(NCc2ccc(C3=CCC(CC)=C(N)C(C(=N)N)=C3)cc2)C1. The summed E-state index contributed by atoms with van der Waals surface area (Å²) < 4.78 is 29.4. The van der Waals surface area contributed by atoms with Gasteiger partial charge < -0.3 is 22.1 Å². The van der Waals surface area contributed by atoms with E-state index in [1.165, 1.54) is 12.2 Å². The van der Waals surface area contributed by atoms with E-state index in [0.29, 0.717) is 54.4 Å². The number of hydrogen-bond donors (Lipinski definition) is 5. The molecule has 0 saturated heterocycles. The van der Waals surface area contributed by atoms with Crippen LogP contribution in [0.25, 0.3) is 5.57 Å². The van der Waals surface area contributed by atoms with Crippen LogP contribution >= 0.6 is 0 Å². The molecule has 2 aromatic rings. The van der Waals surface area contributed by atoms with Crippen LogP contribution in [0.1, 0.15) is 82.9 Å². The molecule has 6 nitrogen and oxygen atoms in total. The maximum atomic E-state index is 14.7. The van der Waals surface area contributed by atoms with Crippen molar-refractivity contribution in [1.29, 1.82) is 5.41 Å². The second kappa shape index (κ2) is 14.6. The average molecular weight is 626 g/mol. The molecule has 0 heterocycles. The topological polar surface area (TPSA) is 117 Å². The molecule has 2 aliphatic rings. The largest absolute Gasteiger partial charge is 0.398 e. The van der Waals surface area contributed by atoms with Crippen LogP contribution in [-0.4, -0.2) is 17.7 Å². The molecule has 0 spiro atoms. The van der Waals surface area contributed by atoms with Gasteiger partial charge in [0.2, 0.25) is 0 Å². The molecule has 0 atom stereocenters. The molecule has 0 fully saturated rings. The van der Waals surface area contributed by atoms with Crippen LogP contribution in [0.15, 0.2) is 112 Å². The number of amidine groups is 1. The van der Waals surface area contributed by atoms with Gasteiger partial charge in [-0.2, -0.15) is 0 Å². The molecule has 2 aliphatic carbocycles. The highest BCUT2D eigenvalue weighted by Crippen LogP contribution is 2.33. The van der Waals surface area contributed by atoms with E-state index < -0.39 is 11.8 Å². The highest BCUT2D eigenvalue weighted by molar-refractivity contribution is 6.06. The van der Waals surface area contributed by atoms with Gasteiger partial charge in [0.15, 0.2) is 0 Å². The molecule has 0 aliphatic heterocycles. The molecule has 2 aromatic carbocycles. The summed E-state index contributed by atoms with van der Waals surface area (Å²) in [5, 5.41) is 14.3. The van der Waals surface area contributed by atoms with Crippen molar-refractivity contribution in [2.24, 2.45) is 11.5 Å². The van der Waals surface area contributed by atoms with Gasteiger partial charge in [-0.3, -0.25) is 10.2 Å². The number of carbonyl (C=O) groups is 1. The van der Waals surface area contributed by atoms with Crippen molar-refractivity contribution < 1.29 is 13.6 Å². The average Bonchev–Trinajstić information content (AvgIpc) is 3.32. The molecule has 46 heavy (non-hydrogen) atoms. The van der Waals surface area contributed by atoms with Crippen molar-refractivity contribution in [2.75, 3.05) is 5.32 Å². The van der Waals surface area contributed by atoms with Gasteiger partial charge >= 0.3 is 0 Å². The van der Waals surface area contributed by atoms with Gasteiger partial charge in [0.25, 0.3) is 11.8 Å². The van der Waals surface area contributed by atoms with E-state index in [4.69, 9.17) is 16.9 Å². The Morgan fingerprint density at radius 2 is 1.67 bits per heavy atom. The van der Waals surface area contributed by atoms with E-state index >= 15 is 0 Å². The van der Waals surface area contributed by atoms with Crippen LogP contribution in [0.5, 0.6) is 0 Å². The van der Waals surface area contributed by atoms with Crippen LogP contribution in [-0.2, 0) is 11.3 Å². The van der Waals surface area contributed by atoms with Gasteiger partial charge in [-0.1, -0.05) is 81.8 Å². The number of alkyl halides is 2. The minimum Gasteiger partial charge on any atom is -0.398 e. The summed E-state index contributed by atoms with van der Waals surface area (Å²) in [6, 6.07) is 15.5. The van der Waals surface area contributed by atoms with E-state index in [-0.39, 0.29) is 17.0 Å². The van der Waals surface area contributed by atoms with Gasteiger partial charge in [0.1, 0.15) is 5.84 Å². The number of rotatable bonds is 11. The number of nitrogens with one attached hydrogen (secondary N) is 3. The zero-order valence-corrected chi connectivity index (χ0v) is 27.4. The Hall–Kier alpha value is -4.72. The van der Waals surface area contributed by atoms with Crippen LogP contribution in [0.3, 0.4) is 0 Å². The molecule has 0 aromatic heterocycles. The third-order valence-electron chi connectivity index (χ3n) is 8.48.